The Hall–Kier alpha value is -2.11. The second-order valence-electron chi connectivity index (χ2n) is 7.36. The van der Waals surface area contributed by atoms with Crippen LogP contribution < -0.4 is 5.32 Å². The highest BCUT2D eigenvalue weighted by Crippen LogP contribution is 2.12. The molecule has 3 amide bonds. The fraction of sp³-hybridized carbons (Fsp3) is 0.556. The van der Waals surface area contributed by atoms with Crippen molar-refractivity contribution in [1.82, 2.24) is 15.1 Å². The zero-order chi connectivity index (χ0) is 17.7. The lowest BCUT2D eigenvalue weighted by Gasteiger charge is -2.35. The molecule has 0 aliphatic carbocycles. The van der Waals surface area contributed by atoms with Crippen LogP contribution in [0, 0.1) is 11.2 Å². The van der Waals surface area contributed by atoms with Crippen molar-refractivity contribution in [1.29, 1.82) is 0 Å². The Balaban J connectivity index is 1.81. The molecule has 0 radical (unpaired) electrons. The number of rotatable bonds is 3. The van der Waals surface area contributed by atoms with Gasteiger partial charge in [-0.3, -0.25) is 4.79 Å². The topological polar surface area (TPSA) is 52.7 Å². The van der Waals surface area contributed by atoms with Crippen molar-refractivity contribution < 1.29 is 14.0 Å². The molecular weight excluding hydrogens is 309 g/mol. The standard InChI is InChI=1S/C18H26FN3O2/c1-18(2,3)13-20-17(24)22-10-8-21(9-11-22)16(23)12-14-6-4-5-7-15(14)19/h4-7H,8-13H2,1-3H3,(H,20,24). The quantitative estimate of drug-likeness (QED) is 0.921. The number of nitrogens with zero attached hydrogens (tertiary/aromatic N) is 2. The summed E-state index contributed by atoms with van der Waals surface area (Å²) in [5.41, 5.74) is 0.445. The van der Waals surface area contributed by atoms with Gasteiger partial charge in [-0.2, -0.15) is 0 Å². The molecule has 1 saturated heterocycles. The third kappa shape index (κ3) is 5.22. The van der Waals surface area contributed by atoms with Gasteiger partial charge in [0.2, 0.25) is 5.91 Å². The zero-order valence-corrected chi connectivity index (χ0v) is 14.6. The Morgan fingerprint density at radius 3 is 2.25 bits per heavy atom. The number of carbonyl (C=O) groups is 2. The van der Waals surface area contributed by atoms with Crippen molar-refractivity contribution in [3.63, 3.8) is 0 Å². The van der Waals surface area contributed by atoms with E-state index < -0.39 is 0 Å². The molecule has 1 aromatic carbocycles. The van der Waals surface area contributed by atoms with Crippen LogP contribution in [-0.4, -0.2) is 54.5 Å². The minimum Gasteiger partial charge on any atom is -0.339 e. The minimum atomic E-state index is -0.356. The lowest BCUT2D eigenvalue weighted by molar-refractivity contribution is -0.131. The number of amides is 3. The van der Waals surface area contributed by atoms with Crippen LogP contribution in [-0.2, 0) is 11.2 Å². The highest BCUT2D eigenvalue weighted by atomic mass is 19.1. The van der Waals surface area contributed by atoms with Crippen molar-refractivity contribution in [2.45, 2.75) is 27.2 Å². The van der Waals surface area contributed by atoms with Gasteiger partial charge in [-0.25, -0.2) is 9.18 Å². The van der Waals surface area contributed by atoms with E-state index in [-0.39, 0.29) is 29.6 Å². The van der Waals surface area contributed by atoms with Gasteiger partial charge in [-0.05, 0) is 17.0 Å². The van der Waals surface area contributed by atoms with Gasteiger partial charge in [-0.1, -0.05) is 39.0 Å². The predicted molar refractivity (Wildman–Crippen MR) is 91.1 cm³/mol. The average molecular weight is 335 g/mol. The molecule has 132 valence electrons. The molecule has 0 atom stereocenters. The maximum atomic E-state index is 13.6. The van der Waals surface area contributed by atoms with Crippen molar-refractivity contribution in [2.75, 3.05) is 32.7 Å². The van der Waals surface area contributed by atoms with Crippen LogP contribution in [0.5, 0.6) is 0 Å². The zero-order valence-electron chi connectivity index (χ0n) is 14.6. The van der Waals surface area contributed by atoms with Crippen molar-refractivity contribution in [2.24, 2.45) is 5.41 Å². The number of hydrogen-bond acceptors (Lipinski definition) is 2. The smallest absolute Gasteiger partial charge is 0.317 e. The summed E-state index contributed by atoms with van der Waals surface area (Å²) in [6, 6.07) is 6.23. The number of piperazine rings is 1. The van der Waals surface area contributed by atoms with E-state index in [2.05, 4.69) is 26.1 Å². The van der Waals surface area contributed by atoms with Gasteiger partial charge in [0.05, 0.1) is 6.42 Å². The van der Waals surface area contributed by atoms with E-state index >= 15 is 0 Å². The number of benzene rings is 1. The molecule has 5 nitrogen and oxygen atoms in total. The number of hydrogen-bond donors (Lipinski definition) is 1. The van der Waals surface area contributed by atoms with Gasteiger partial charge >= 0.3 is 6.03 Å². The molecule has 1 aliphatic rings. The molecular formula is C18H26FN3O2. The number of nitrogens with one attached hydrogen (secondary N) is 1. The second-order valence-corrected chi connectivity index (χ2v) is 7.36. The molecule has 0 bridgehead atoms. The predicted octanol–water partition coefficient (Wildman–Crippen LogP) is 2.27. The number of urea groups is 1. The third-order valence-electron chi connectivity index (χ3n) is 3.99. The molecule has 1 aromatic rings. The highest BCUT2D eigenvalue weighted by molar-refractivity contribution is 5.79. The Morgan fingerprint density at radius 2 is 1.67 bits per heavy atom. The minimum absolute atomic E-state index is 0.0349. The van der Waals surface area contributed by atoms with Crippen LogP contribution in [0.25, 0.3) is 0 Å². The molecule has 0 saturated carbocycles. The molecule has 1 heterocycles. The van der Waals surface area contributed by atoms with E-state index in [9.17, 15) is 14.0 Å². The van der Waals surface area contributed by atoms with Crippen LogP contribution in [0.4, 0.5) is 9.18 Å². The van der Waals surface area contributed by atoms with E-state index in [0.717, 1.165) is 0 Å². The van der Waals surface area contributed by atoms with Crippen LogP contribution in [0.1, 0.15) is 26.3 Å². The molecule has 24 heavy (non-hydrogen) atoms. The first-order valence-corrected chi connectivity index (χ1v) is 8.30. The average Bonchev–Trinajstić information content (AvgIpc) is 2.54. The van der Waals surface area contributed by atoms with Crippen molar-refractivity contribution in [3.8, 4) is 0 Å². The summed E-state index contributed by atoms with van der Waals surface area (Å²) in [5, 5.41) is 2.92. The Morgan fingerprint density at radius 1 is 1.08 bits per heavy atom. The SMILES string of the molecule is CC(C)(C)CNC(=O)N1CCN(C(=O)Cc2ccccc2F)CC1. The summed E-state index contributed by atoms with van der Waals surface area (Å²) >= 11 is 0. The maximum absolute atomic E-state index is 13.6. The molecule has 6 heteroatoms. The molecule has 1 N–H and O–H groups in total. The first kappa shape index (κ1) is 18.2. The van der Waals surface area contributed by atoms with Gasteiger partial charge in [0.1, 0.15) is 5.82 Å². The third-order valence-corrected chi connectivity index (χ3v) is 3.99. The highest BCUT2D eigenvalue weighted by Gasteiger charge is 2.25. The summed E-state index contributed by atoms with van der Waals surface area (Å²) in [6.45, 7) is 8.76. The van der Waals surface area contributed by atoms with E-state index in [1.807, 2.05) is 0 Å². The summed E-state index contributed by atoms with van der Waals surface area (Å²) in [5.74, 6) is -0.458. The fourth-order valence-corrected chi connectivity index (χ4v) is 2.53. The van der Waals surface area contributed by atoms with E-state index in [1.54, 1.807) is 28.0 Å². The van der Waals surface area contributed by atoms with Crippen molar-refractivity contribution in [3.05, 3.63) is 35.6 Å². The Kier molecular flexibility index (Phi) is 5.80. The molecule has 0 unspecified atom stereocenters. The van der Waals surface area contributed by atoms with Gasteiger partial charge in [0.15, 0.2) is 0 Å². The Labute approximate surface area is 142 Å². The van der Waals surface area contributed by atoms with E-state index in [1.165, 1.54) is 6.07 Å². The van der Waals surface area contributed by atoms with Gasteiger partial charge < -0.3 is 15.1 Å². The summed E-state index contributed by atoms with van der Waals surface area (Å²) in [6.07, 6.45) is 0.0584. The van der Waals surface area contributed by atoms with Gasteiger partial charge in [0.25, 0.3) is 0 Å². The fourth-order valence-electron chi connectivity index (χ4n) is 2.53. The van der Waals surface area contributed by atoms with Crippen molar-refractivity contribution >= 4 is 11.9 Å². The molecule has 2 rings (SSSR count). The summed E-state index contributed by atoms with van der Waals surface area (Å²) in [4.78, 5) is 27.8. The number of carbonyl (C=O) groups excluding carboxylic acids is 2. The maximum Gasteiger partial charge on any atom is 0.317 e. The first-order valence-electron chi connectivity index (χ1n) is 8.30. The second kappa shape index (κ2) is 7.64. The van der Waals surface area contributed by atoms with Crippen LogP contribution >= 0.6 is 0 Å². The summed E-state index contributed by atoms with van der Waals surface area (Å²) < 4.78 is 13.6. The van der Waals surface area contributed by atoms with Crippen LogP contribution in [0.2, 0.25) is 0 Å². The molecule has 0 aromatic heterocycles. The Bertz CT molecular complexity index is 590. The van der Waals surface area contributed by atoms with Gasteiger partial charge in [0, 0.05) is 32.7 Å². The molecule has 1 fully saturated rings. The normalized spacial score (nSPS) is 15.3. The van der Waals surface area contributed by atoms with E-state index in [4.69, 9.17) is 0 Å². The lowest BCUT2D eigenvalue weighted by atomic mass is 9.97. The van der Waals surface area contributed by atoms with Crippen LogP contribution in [0.3, 0.4) is 0 Å². The van der Waals surface area contributed by atoms with E-state index in [0.29, 0.717) is 38.3 Å². The molecule has 0 spiro atoms. The van der Waals surface area contributed by atoms with Gasteiger partial charge in [-0.15, -0.1) is 0 Å². The first-order chi connectivity index (χ1) is 11.3. The lowest BCUT2D eigenvalue weighted by Crippen LogP contribution is -2.54. The monoisotopic (exact) mass is 335 g/mol. The summed E-state index contributed by atoms with van der Waals surface area (Å²) in [7, 11) is 0. The van der Waals surface area contributed by atoms with Crippen LogP contribution in [0.15, 0.2) is 24.3 Å². The largest absolute Gasteiger partial charge is 0.339 e. The molecule has 1 aliphatic heterocycles. The number of halogens is 1.